The lowest BCUT2D eigenvalue weighted by Crippen LogP contribution is -2.34. The number of pyridine rings is 1. The molecule has 8 heteroatoms. The van der Waals surface area contributed by atoms with Crippen molar-refractivity contribution in [2.75, 3.05) is 6.54 Å². The molecule has 0 bridgehead atoms. The third-order valence-corrected chi connectivity index (χ3v) is 4.78. The number of nitrogens with zero attached hydrogens (tertiary/aromatic N) is 1. The number of benzene rings is 2. The van der Waals surface area contributed by atoms with Crippen molar-refractivity contribution < 1.29 is 18.0 Å². The van der Waals surface area contributed by atoms with Gasteiger partial charge in [0.1, 0.15) is 5.56 Å². The topological polar surface area (TPSA) is 51.1 Å². The third kappa shape index (κ3) is 4.91. The number of amides is 1. The zero-order valence-electron chi connectivity index (χ0n) is 16.0. The Morgan fingerprint density at radius 2 is 1.80 bits per heavy atom. The van der Waals surface area contributed by atoms with Crippen molar-refractivity contribution in [1.82, 2.24) is 9.88 Å². The minimum Gasteiger partial charge on any atom is -0.352 e. The maximum absolute atomic E-state index is 13.0. The summed E-state index contributed by atoms with van der Waals surface area (Å²) in [5.74, 6) is -0.595. The Bertz CT molecular complexity index is 1140. The van der Waals surface area contributed by atoms with Crippen molar-refractivity contribution in [3.8, 4) is 5.69 Å². The molecule has 1 aromatic heterocycles. The first-order valence-electron chi connectivity index (χ1n) is 9.10. The van der Waals surface area contributed by atoms with E-state index in [1.54, 1.807) is 25.1 Å². The Hall–Kier alpha value is -3.06. The summed E-state index contributed by atoms with van der Waals surface area (Å²) in [5, 5.41) is 3.25. The van der Waals surface area contributed by atoms with E-state index in [2.05, 4.69) is 5.32 Å². The number of nitrogens with one attached hydrogen (secondary N) is 1. The third-order valence-electron chi connectivity index (χ3n) is 4.54. The number of alkyl halides is 3. The van der Waals surface area contributed by atoms with Gasteiger partial charge in [-0.05, 0) is 61.4 Å². The molecule has 3 rings (SSSR count). The standard InChI is InChI=1S/C22H18ClF3N2O2/c1-14-8-9-19(20(29)27-11-10-15-4-2-6-17(23)12-15)21(30)28(14)18-7-3-5-16(13-18)22(24,25)26/h2-9,12-13H,10-11H2,1H3,(H,27,29). The lowest BCUT2D eigenvalue weighted by molar-refractivity contribution is -0.137. The summed E-state index contributed by atoms with van der Waals surface area (Å²) in [7, 11) is 0. The number of hydrogen-bond acceptors (Lipinski definition) is 2. The molecule has 3 aromatic rings. The number of hydrogen-bond donors (Lipinski definition) is 1. The fourth-order valence-electron chi connectivity index (χ4n) is 3.05. The van der Waals surface area contributed by atoms with Crippen LogP contribution in [0.3, 0.4) is 0 Å². The summed E-state index contributed by atoms with van der Waals surface area (Å²) in [5.41, 5.74) is -0.329. The molecule has 0 aliphatic heterocycles. The van der Waals surface area contributed by atoms with E-state index < -0.39 is 23.2 Å². The molecule has 0 aliphatic rings. The number of aromatic nitrogens is 1. The van der Waals surface area contributed by atoms with E-state index in [0.29, 0.717) is 17.1 Å². The normalized spacial score (nSPS) is 11.4. The molecular formula is C22H18ClF3N2O2. The molecule has 0 radical (unpaired) electrons. The van der Waals surface area contributed by atoms with Crippen molar-refractivity contribution in [3.05, 3.63) is 98.4 Å². The van der Waals surface area contributed by atoms with Crippen LogP contribution in [-0.2, 0) is 12.6 Å². The molecule has 0 saturated heterocycles. The van der Waals surface area contributed by atoms with Gasteiger partial charge in [0.05, 0.1) is 5.56 Å². The van der Waals surface area contributed by atoms with Crippen LogP contribution in [-0.4, -0.2) is 17.0 Å². The van der Waals surface area contributed by atoms with E-state index in [-0.39, 0.29) is 17.8 Å². The second kappa shape index (κ2) is 8.75. The van der Waals surface area contributed by atoms with Crippen LogP contribution in [0.1, 0.15) is 27.2 Å². The van der Waals surface area contributed by atoms with Crippen molar-refractivity contribution in [2.24, 2.45) is 0 Å². The summed E-state index contributed by atoms with van der Waals surface area (Å²) in [6, 6.07) is 14.5. The molecule has 0 atom stereocenters. The molecule has 1 amide bonds. The van der Waals surface area contributed by atoms with E-state index >= 15 is 0 Å². The minimum atomic E-state index is -4.54. The summed E-state index contributed by atoms with van der Waals surface area (Å²) < 4.78 is 40.2. The predicted octanol–water partition coefficient (Wildman–Crippen LogP) is 4.79. The first-order chi connectivity index (χ1) is 14.2. The molecule has 4 nitrogen and oxygen atoms in total. The average Bonchev–Trinajstić information content (AvgIpc) is 2.67. The van der Waals surface area contributed by atoms with E-state index in [9.17, 15) is 22.8 Å². The van der Waals surface area contributed by atoms with Gasteiger partial charge in [0.2, 0.25) is 0 Å². The molecule has 0 spiro atoms. The number of aryl methyl sites for hydroxylation is 1. The van der Waals surface area contributed by atoms with Crippen molar-refractivity contribution in [3.63, 3.8) is 0 Å². The Kier molecular flexibility index (Phi) is 6.31. The van der Waals surface area contributed by atoms with Crippen molar-refractivity contribution in [1.29, 1.82) is 0 Å². The largest absolute Gasteiger partial charge is 0.416 e. The predicted molar refractivity (Wildman–Crippen MR) is 109 cm³/mol. The Morgan fingerprint density at radius 3 is 2.50 bits per heavy atom. The first kappa shape index (κ1) is 21.6. The van der Waals surface area contributed by atoms with E-state index in [1.165, 1.54) is 24.3 Å². The van der Waals surface area contributed by atoms with Crippen molar-refractivity contribution >= 4 is 17.5 Å². The molecule has 0 aliphatic carbocycles. The second-order valence-corrected chi connectivity index (χ2v) is 7.15. The molecule has 156 valence electrons. The summed E-state index contributed by atoms with van der Waals surface area (Å²) in [6.45, 7) is 1.86. The average molecular weight is 435 g/mol. The molecule has 30 heavy (non-hydrogen) atoms. The first-order valence-corrected chi connectivity index (χ1v) is 9.47. The van der Waals surface area contributed by atoms with Gasteiger partial charge in [0.15, 0.2) is 0 Å². The Labute approximate surface area is 175 Å². The monoisotopic (exact) mass is 434 g/mol. The smallest absolute Gasteiger partial charge is 0.352 e. The SMILES string of the molecule is Cc1ccc(C(=O)NCCc2cccc(Cl)c2)c(=O)n1-c1cccc(C(F)(F)F)c1. The summed E-state index contributed by atoms with van der Waals surface area (Å²) >= 11 is 5.93. The van der Waals surface area contributed by atoms with Crippen LogP contribution in [0.15, 0.2) is 65.5 Å². The van der Waals surface area contributed by atoms with Gasteiger partial charge in [-0.3, -0.25) is 14.2 Å². The Morgan fingerprint density at radius 1 is 1.07 bits per heavy atom. The number of halogens is 4. The van der Waals surface area contributed by atoms with Gasteiger partial charge in [0, 0.05) is 22.9 Å². The van der Waals surface area contributed by atoms with Crippen LogP contribution < -0.4 is 10.9 Å². The highest BCUT2D eigenvalue weighted by atomic mass is 35.5. The number of carbonyl (C=O) groups is 1. The van der Waals surface area contributed by atoms with Crippen LogP contribution in [0.25, 0.3) is 5.69 Å². The zero-order valence-corrected chi connectivity index (χ0v) is 16.7. The van der Waals surface area contributed by atoms with Crippen molar-refractivity contribution in [2.45, 2.75) is 19.5 Å². The quantitative estimate of drug-likeness (QED) is 0.627. The second-order valence-electron chi connectivity index (χ2n) is 6.71. The maximum Gasteiger partial charge on any atom is 0.416 e. The number of rotatable bonds is 5. The van der Waals surface area contributed by atoms with Gasteiger partial charge in [0.25, 0.3) is 11.5 Å². The van der Waals surface area contributed by atoms with Gasteiger partial charge < -0.3 is 5.32 Å². The van der Waals surface area contributed by atoms with E-state index in [0.717, 1.165) is 22.3 Å². The van der Waals surface area contributed by atoms with Gasteiger partial charge in [-0.15, -0.1) is 0 Å². The lowest BCUT2D eigenvalue weighted by atomic mass is 10.1. The highest BCUT2D eigenvalue weighted by Gasteiger charge is 2.30. The maximum atomic E-state index is 13.0. The van der Waals surface area contributed by atoms with Gasteiger partial charge in [-0.2, -0.15) is 13.2 Å². The van der Waals surface area contributed by atoms with Gasteiger partial charge in [-0.1, -0.05) is 29.8 Å². The Balaban J connectivity index is 1.84. The van der Waals surface area contributed by atoms with Crippen LogP contribution in [0.2, 0.25) is 5.02 Å². The fraction of sp³-hybridized carbons (Fsp3) is 0.182. The van der Waals surface area contributed by atoms with Crippen LogP contribution in [0.4, 0.5) is 13.2 Å². The molecule has 2 aromatic carbocycles. The molecule has 0 fully saturated rings. The van der Waals surface area contributed by atoms with E-state index in [1.807, 2.05) is 6.07 Å². The molecule has 0 saturated carbocycles. The van der Waals surface area contributed by atoms with Gasteiger partial charge in [-0.25, -0.2) is 0 Å². The highest BCUT2D eigenvalue weighted by Crippen LogP contribution is 2.30. The lowest BCUT2D eigenvalue weighted by Gasteiger charge is -2.14. The fourth-order valence-corrected chi connectivity index (χ4v) is 3.27. The molecule has 0 unspecified atom stereocenters. The van der Waals surface area contributed by atoms with Crippen LogP contribution in [0, 0.1) is 6.92 Å². The summed E-state index contributed by atoms with van der Waals surface area (Å²) in [4.78, 5) is 25.4. The highest BCUT2D eigenvalue weighted by molar-refractivity contribution is 6.30. The molecule has 1 N–H and O–H groups in total. The van der Waals surface area contributed by atoms with Gasteiger partial charge >= 0.3 is 6.18 Å². The number of carbonyl (C=O) groups excluding carboxylic acids is 1. The molecule has 1 heterocycles. The summed E-state index contributed by atoms with van der Waals surface area (Å²) in [6.07, 6.45) is -4.02. The minimum absolute atomic E-state index is 0.0425. The van der Waals surface area contributed by atoms with Crippen LogP contribution >= 0.6 is 11.6 Å². The zero-order chi connectivity index (χ0) is 21.9. The van der Waals surface area contributed by atoms with Crippen LogP contribution in [0.5, 0.6) is 0 Å². The van der Waals surface area contributed by atoms with E-state index in [4.69, 9.17) is 11.6 Å². The molecular weight excluding hydrogens is 417 g/mol.